The number of aliphatic hydroxyl groups excluding tert-OH is 2. The summed E-state index contributed by atoms with van der Waals surface area (Å²) < 4.78 is 11.7. The first-order chi connectivity index (χ1) is 17.6. The molecule has 2 rings (SSSR count). The summed E-state index contributed by atoms with van der Waals surface area (Å²) in [5.74, 6) is -0.0879. The number of likely N-dealkylation sites (tertiary alicyclic amines) is 1. The third-order valence-corrected chi connectivity index (χ3v) is 8.72. The summed E-state index contributed by atoms with van der Waals surface area (Å²) in [4.78, 5) is 27.7. The fourth-order valence-electron chi connectivity index (χ4n) is 5.48. The zero-order chi connectivity index (χ0) is 27.5. The zero-order valence-corrected chi connectivity index (χ0v) is 24.8. The van der Waals surface area contributed by atoms with Crippen LogP contribution in [0.3, 0.4) is 0 Å². The van der Waals surface area contributed by atoms with Crippen molar-refractivity contribution in [2.75, 3.05) is 19.8 Å². The molecule has 37 heavy (non-hydrogen) atoms. The number of rotatable bonds is 15. The van der Waals surface area contributed by atoms with E-state index in [2.05, 4.69) is 24.1 Å². The van der Waals surface area contributed by atoms with E-state index in [0.717, 1.165) is 51.5 Å². The fraction of sp³-hybridized carbons (Fsp3) is 0.926. The van der Waals surface area contributed by atoms with Crippen molar-refractivity contribution in [3.63, 3.8) is 0 Å². The van der Waals surface area contributed by atoms with E-state index in [-0.39, 0.29) is 18.4 Å². The van der Waals surface area contributed by atoms with Gasteiger partial charge in [-0.2, -0.15) is 0 Å². The molecule has 2 fully saturated rings. The van der Waals surface area contributed by atoms with Crippen molar-refractivity contribution in [3.05, 3.63) is 0 Å². The van der Waals surface area contributed by atoms with Crippen LogP contribution in [-0.4, -0.2) is 94.2 Å². The van der Waals surface area contributed by atoms with Crippen LogP contribution >= 0.6 is 23.4 Å². The molecule has 1 amide bonds. The maximum absolute atomic E-state index is 13.2. The molecule has 0 aromatic rings. The van der Waals surface area contributed by atoms with Crippen LogP contribution in [0.4, 0.5) is 0 Å². The Kier molecular flexibility index (Phi) is 14.6. The number of aliphatic hydroxyl groups is 2. The van der Waals surface area contributed by atoms with E-state index < -0.39 is 47.2 Å². The Labute approximate surface area is 232 Å². The summed E-state index contributed by atoms with van der Waals surface area (Å²) in [5.41, 5.74) is -0.699. The number of unbranched alkanes of at least 4 members (excludes halogenated alkanes) is 5. The van der Waals surface area contributed by atoms with Gasteiger partial charge in [-0.15, -0.1) is 23.4 Å². The lowest BCUT2D eigenvalue weighted by Gasteiger charge is -2.45. The average Bonchev–Trinajstić information content (AvgIpc) is 3.23. The molecule has 0 aromatic carbocycles. The van der Waals surface area contributed by atoms with Crippen LogP contribution in [-0.2, 0) is 19.1 Å². The van der Waals surface area contributed by atoms with E-state index in [1.165, 1.54) is 24.6 Å². The number of amides is 1. The number of carbonyl (C=O) groups excluding carboxylic acids is 2. The number of nitrogens with one attached hydrogen (secondary N) is 1. The van der Waals surface area contributed by atoms with Crippen LogP contribution in [0.25, 0.3) is 0 Å². The van der Waals surface area contributed by atoms with Gasteiger partial charge in [0.1, 0.15) is 23.7 Å². The van der Waals surface area contributed by atoms with Gasteiger partial charge in [0.25, 0.3) is 0 Å². The molecule has 0 aliphatic carbocycles. The number of ether oxygens (including phenoxy) is 2. The predicted molar refractivity (Wildman–Crippen MR) is 149 cm³/mol. The van der Waals surface area contributed by atoms with Gasteiger partial charge in [-0.3, -0.25) is 14.5 Å². The van der Waals surface area contributed by atoms with Crippen molar-refractivity contribution in [3.8, 4) is 0 Å². The lowest BCUT2D eigenvalue weighted by Crippen LogP contribution is -2.65. The molecule has 2 aliphatic heterocycles. The second kappa shape index (κ2) is 16.5. The van der Waals surface area contributed by atoms with Gasteiger partial charge in [0.05, 0.1) is 17.5 Å². The number of hydrogen-bond donors (Lipinski definition) is 3. The molecule has 2 saturated heterocycles. The highest BCUT2D eigenvalue weighted by molar-refractivity contribution is 7.99. The average molecular weight is 565 g/mol. The van der Waals surface area contributed by atoms with Crippen LogP contribution in [0.1, 0.15) is 85.0 Å². The Balaban J connectivity index is 1.99. The Morgan fingerprint density at radius 3 is 2.43 bits per heavy atom. The van der Waals surface area contributed by atoms with Crippen molar-refractivity contribution < 1.29 is 29.3 Å². The quantitative estimate of drug-likeness (QED) is 0.157. The zero-order valence-electron chi connectivity index (χ0n) is 23.2. The van der Waals surface area contributed by atoms with E-state index >= 15 is 0 Å². The summed E-state index contributed by atoms with van der Waals surface area (Å²) in [6.45, 7) is 6.91. The minimum Gasteiger partial charge on any atom is -0.456 e. The first-order valence-electron chi connectivity index (χ1n) is 14.0. The van der Waals surface area contributed by atoms with Crippen molar-refractivity contribution in [1.82, 2.24) is 10.2 Å². The molecular formula is C27H49ClN2O6S. The normalized spacial score (nSPS) is 32.2. The monoisotopic (exact) mass is 564 g/mol. The second-order valence-electron chi connectivity index (χ2n) is 10.7. The predicted octanol–water partition coefficient (Wildman–Crippen LogP) is 3.69. The van der Waals surface area contributed by atoms with Crippen LogP contribution in [0.2, 0.25) is 0 Å². The molecule has 0 unspecified atom stereocenters. The van der Waals surface area contributed by atoms with Crippen molar-refractivity contribution >= 4 is 35.2 Å². The summed E-state index contributed by atoms with van der Waals surface area (Å²) in [7, 11) is 1.95. The lowest BCUT2D eigenvalue weighted by atomic mass is 9.92. The highest BCUT2D eigenvalue weighted by Gasteiger charge is 2.50. The van der Waals surface area contributed by atoms with E-state index in [1.807, 2.05) is 7.05 Å². The second-order valence-corrected chi connectivity index (χ2v) is 12.3. The molecule has 0 saturated carbocycles. The Bertz CT molecular complexity index is 700. The lowest BCUT2D eigenvalue weighted by molar-refractivity contribution is -0.218. The minimum atomic E-state index is -1.38. The summed E-state index contributed by atoms with van der Waals surface area (Å²) >= 11 is 7.76. The van der Waals surface area contributed by atoms with Gasteiger partial charge in [-0.05, 0) is 45.4 Å². The van der Waals surface area contributed by atoms with Gasteiger partial charge in [0.15, 0.2) is 6.10 Å². The van der Waals surface area contributed by atoms with Crippen LogP contribution in [0, 0.1) is 5.92 Å². The maximum atomic E-state index is 13.2. The first-order valence-corrected chi connectivity index (χ1v) is 15.7. The van der Waals surface area contributed by atoms with Gasteiger partial charge in [-0.1, -0.05) is 52.4 Å². The number of likely N-dealkylation sites (N-methyl/N-ethyl adjacent to an activating group) is 1. The number of thioether (sulfide) groups is 1. The smallest absolute Gasteiger partial charge is 0.306 e. The van der Waals surface area contributed by atoms with Crippen molar-refractivity contribution in [2.24, 2.45) is 5.92 Å². The topological polar surface area (TPSA) is 108 Å². The van der Waals surface area contributed by atoms with Gasteiger partial charge in [0.2, 0.25) is 5.91 Å². The molecule has 10 heteroatoms. The molecule has 8 nitrogen and oxygen atoms in total. The molecule has 2 heterocycles. The standard InChI is InChI=1S/C27H49ClN2O6S/c1-6-8-9-10-11-12-14-20(31)35-25-23(33)22(32)24(36-27(25)37-5)21(17(3)28)29-26(34)19-15-18(13-7-2)16-30(19)4/h17-19,21-25,27,32-33H,6-16H2,1-5H3,(H,29,34)/t17-,18+,19-,21+,22+,23-,24+,25+,27+/m0/s1. The Morgan fingerprint density at radius 2 is 1.81 bits per heavy atom. The number of halogens is 1. The number of nitrogens with zero attached hydrogens (tertiary/aromatic N) is 1. The molecule has 216 valence electrons. The third-order valence-electron chi connectivity index (χ3n) is 7.61. The number of esters is 1. The van der Waals surface area contributed by atoms with Gasteiger partial charge >= 0.3 is 5.97 Å². The SMILES string of the molecule is CCCCCCCCC(=O)O[C@@H]1[C@@H](O)[C@@H](O)[C@@H]([C@H](NC(=O)[C@@H]2C[C@@H](CCC)CN2C)[C@H](C)Cl)O[C@@H]1SC. The highest BCUT2D eigenvalue weighted by atomic mass is 35.5. The summed E-state index contributed by atoms with van der Waals surface area (Å²) in [5, 5.41) is 24.4. The number of alkyl halides is 1. The van der Waals surface area contributed by atoms with E-state index in [9.17, 15) is 19.8 Å². The van der Waals surface area contributed by atoms with E-state index in [4.69, 9.17) is 21.1 Å². The Hall–Kier alpha value is -0.580. The molecule has 3 N–H and O–H groups in total. The fourth-order valence-corrected chi connectivity index (χ4v) is 6.41. The van der Waals surface area contributed by atoms with Crippen LogP contribution in [0.15, 0.2) is 0 Å². The van der Waals surface area contributed by atoms with Crippen molar-refractivity contribution in [1.29, 1.82) is 0 Å². The maximum Gasteiger partial charge on any atom is 0.306 e. The highest BCUT2D eigenvalue weighted by Crippen LogP contribution is 2.33. The summed E-state index contributed by atoms with van der Waals surface area (Å²) in [6, 6.07) is -1.00. The molecular weight excluding hydrogens is 516 g/mol. The largest absolute Gasteiger partial charge is 0.456 e. The van der Waals surface area contributed by atoms with E-state index in [1.54, 1.807) is 13.2 Å². The number of hydrogen-bond acceptors (Lipinski definition) is 8. The number of carbonyl (C=O) groups is 2. The van der Waals surface area contributed by atoms with Gasteiger partial charge in [-0.25, -0.2) is 0 Å². The third kappa shape index (κ3) is 9.53. The molecule has 9 atom stereocenters. The van der Waals surface area contributed by atoms with Crippen LogP contribution < -0.4 is 5.32 Å². The first kappa shape index (κ1) is 32.6. The minimum absolute atomic E-state index is 0.155. The van der Waals surface area contributed by atoms with Crippen LogP contribution in [0.5, 0.6) is 0 Å². The molecule has 2 aliphatic rings. The van der Waals surface area contributed by atoms with Crippen molar-refractivity contribution in [2.45, 2.75) is 132 Å². The Morgan fingerprint density at radius 1 is 1.14 bits per heavy atom. The molecule has 0 bridgehead atoms. The van der Waals surface area contributed by atoms with E-state index in [0.29, 0.717) is 5.92 Å². The molecule has 0 radical (unpaired) electrons. The van der Waals surface area contributed by atoms with Gasteiger partial charge in [0, 0.05) is 13.0 Å². The summed E-state index contributed by atoms with van der Waals surface area (Å²) in [6.07, 6.45) is 6.60. The van der Waals surface area contributed by atoms with Gasteiger partial charge < -0.3 is 25.0 Å². The molecule has 0 spiro atoms. The molecule has 0 aromatic heterocycles.